The third-order valence-corrected chi connectivity index (χ3v) is 4.49. The Hall–Kier alpha value is -3.06. The van der Waals surface area contributed by atoms with Crippen molar-refractivity contribution >= 4 is 5.97 Å². The topological polar surface area (TPSA) is 83.9 Å². The summed E-state index contributed by atoms with van der Waals surface area (Å²) in [4.78, 5) is 16.5. The summed E-state index contributed by atoms with van der Waals surface area (Å²) in [6.45, 7) is 6.77. The van der Waals surface area contributed by atoms with Gasteiger partial charge in [0.1, 0.15) is 11.5 Å². The van der Waals surface area contributed by atoms with Gasteiger partial charge in [-0.1, -0.05) is 12.1 Å². The number of hydrogen-bond donors (Lipinski definition) is 0. The van der Waals surface area contributed by atoms with E-state index >= 15 is 0 Å². The number of benzene rings is 1. The third kappa shape index (κ3) is 5.73. The summed E-state index contributed by atoms with van der Waals surface area (Å²) in [6, 6.07) is 11.2. The minimum atomic E-state index is -0.597. The number of aromatic nitrogens is 1. The summed E-state index contributed by atoms with van der Waals surface area (Å²) in [6.07, 6.45) is 2.07. The van der Waals surface area contributed by atoms with E-state index in [0.29, 0.717) is 44.3 Å². The molecule has 0 radical (unpaired) electrons. The number of esters is 1. The first-order valence-electron chi connectivity index (χ1n) is 10.1. The van der Waals surface area contributed by atoms with Gasteiger partial charge in [-0.2, -0.15) is 0 Å². The number of carbonyl (C=O) groups excluding carboxylic acids is 1. The van der Waals surface area contributed by atoms with E-state index in [4.69, 9.17) is 23.0 Å². The number of rotatable bonds is 11. The van der Waals surface area contributed by atoms with Crippen molar-refractivity contribution in [1.29, 1.82) is 0 Å². The summed E-state index contributed by atoms with van der Waals surface area (Å²) < 4.78 is 27.4. The number of ether oxygens (including phenoxy) is 3. The van der Waals surface area contributed by atoms with Gasteiger partial charge in [0, 0.05) is 19.4 Å². The highest BCUT2D eigenvalue weighted by molar-refractivity contribution is 5.75. The van der Waals surface area contributed by atoms with Crippen LogP contribution in [0.1, 0.15) is 30.9 Å². The summed E-state index contributed by atoms with van der Waals surface area (Å²) in [5.74, 6) is 2.24. The lowest BCUT2D eigenvalue weighted by molar-refractivity contribution is -0.156. The fraction of sp³-hybridized carbons (Fsp3) is 0.391. The predicted octanol–water partition coefficient (Wildman–Crippen LogP) is 4.38. The first-order valence-corrected chi connectivity index (χ1v) is 10.1. The molecule has 0 unspecified atom stereocenters. The molecule has 0 fully saturated rings. The summed E-state index contributed by atoms with van der Waals surface area (Å²) in [7, 11) is 0. The van der Waals surface area contributed by atoms with E-state index in [2.05, 4.69) is 4.98 Å². The number of furan rings is 1. The van der Waals surface area contributed by atoms with Crippen molar-refractivity contribution in [3.63, 3.8) is 0 Å². The van der Waals surface area contributed by atoms with E-state index in [-0.39, 0.29) is 5.97 Å². The first kappa shape index (κ1) is 21.6. The van der Waals surface area contributed by atoms with Crippen LogP contribution in [0.5, 0.6) is 5.75 Å². The first-order chi connectivity index (χ1) is 14.6. The highest BCUT2D eigenvalue weighted by atomic mass is 16.6. The van der Waals surface area contributed by atoms with Gasteiger partial charge in [-0.3, -0.25) is 0 Å². The second-order valence-electron chi connectivity index (χ2n) is 6.64. The van der Waals surface area contributed by atoms with Gasteiger partial charge in [0.25, 0.3) is 5.89 Å². The molecule has 2 heterocycles. The Morgan fingerprint density at radius 2 is 1.93 bits per heavy atom. The molecule has 0 amide bonds. The van der Waals surface area contributed by atoms with Crippen LogP contribution in [0.25, 0.3) is 11.7 Å². The molecular formula is C23H27NO6. The Morgan fingerprint density at radius 1 is 1.13 bits per heavy atom. The minimum absolute atomic E-state index is 0.336. The quantitative estimate of drug-likeness (QED) is 0.431. The largest absolute Gasteiger partial charge is 0.493 e. The van der Waals surface area contributed by atoms with E-state index in [1.807, 2.05) is 44.2 Å². The molecular weight excluding hydrogens is 386 g/mol. The van der Waals surface area contributed by atoms with E-state index in [1.54, 1.807) is 19.3 Å². The smallest absolute Gasteiger partial charge is 0.335 e. The third-order valence-electron chi connectivity index (χ3n) is 4.49. The van der Waals surface area contributed by atoms with Gasteiger partial charge in [-0.25, -0.2) is 9.78 Å². The molecule has 0 aliphatic heterocycles. The lowest BCUT2D eigenvalue weighted by Crippen LogP contribution is -2.28. The van der Waals surface area contributed by atoms with Crippen molar-refractivity contribution in [3.05, 3.63) is 59.7 Å². The van der Waals surface area contributed by atoms with Gasteiger partial charge in [0.2, 0.25) is 0 Å². The Morgan fingerprint density at radius 3 is 2.60 bits per heavy atom. The molecule has 1 atom stereocenters. The number of oxazole rings is 1. The molecule has 1 aromatic carbocycles. The predicted molar refractivity (Wildman–Crippen MR) is 110 cm³/mol. The molecule has 7 heteroatoms. The fourth-order valence-corrected chi connectivity index (χ4v) is 3.01. The molecule has 0 aliphatic carbocycles. The lowest BCUT2D eigenvalue weighted by atomic mass is 10.1. The van der Waals surface area contributed by atoms with Gasteiger partial charge in [0.05, 0.1) is 25.2 Å². The SMILES string of the molecule is CCOC(=O)[C@@H](Cc1ccc(OCCc2nc(-c3ccco3)oc2C)cc1)OCC. The number of aryl methyl sites for hydroxylation is 1. The lowest BCUT2D eigenvalue weighted by Gasteiger charge is -2.15. The molecule has 0 aliphatic rings. The van der Waals surface area contributed by atoms with E-state index < -0.39 is 6.10 Å². The van der Waals surface area contributed by atoms with Gasteiger partial charge >= 0.3 is 5.97 Å². The average molecular weight is 413 g/mol. The van der Waals surface area contributed by atoms with E-state index in [0.717, 1.165) is 22.8 Å². The number of hydrogen-bond acceptors (Lipinski definition) is 7. The maximum atomic E-state index is 12.0. The molecule has 0 spiro atoms. The maximum Gasteiger partial charge on any atom is 0.335 e. The number of nitrogens with zero attached hydrogens (tertiary/aromatic N) is 1. The Balaban J connectivity index is 1.52. The maximum absolute atomic E-state index is 12.0. The van der Waals surface area contributed by atoms with Gasteiger partial charge < -0.3 is 23.0 Å². The standard InChI is InChI=1S/C23H27NO6/c1-4-26-21(23(25)27-5-2)15-17-8-10-18(11-9-17)28-14-12-19-16(3)30-22(24-19)20-7-6-13-29-20/h6-11,13,21H,4-5,12,14-15H2,1-3H3/t21-/m1/s1. The van der Waals surface area contributed by atoms with Crippen LogP contribution in [0.4, 0.5) is 0 Å². The highest BCUT2D eigenvalue weighted by Gasteiger charge is 2.20. The monoisotopic (exact) mass is 413 g/mol. The summed E-state index contributed by atoms with van der Waals surface area (Å²) >= 11 is 0. The van der Waals surface area contributed by atoms with Gasteiger partial charge in [0.15, 0.2) is 11.9 Å². The van der Waals surface area contributed by atoms with Crippen LogP contribution in [0, 0.1) is 6.92 Å². The second kappa shape index (κ2) is 10.6. The highest BCUT2D eigenvalue weighted by Crippen LogP contribution is 2.22. The second-order valence-corrected chi connectivity index (χ2v) is 6.64. The Kier molecular flexibility index (Phi) is 7.68. The van der Waals surface area contributed by atoms with Crippen molar-refractivity contribution in [2.45, 2.75) is 39.7 Å². The fourth-order valence-electron chi connectivity index (χ4n) is 3.01. The van der Waals surface area contributed by atoms with Crippen LogP contribution >= 0.6 is 0 Å². The van der Waals surface area contributed by atoms with Crippen LogP contribution in [0.15, 0.2) is 51.5 Å². The zero-order valence-electron chi connectivity index (χ0n) is 17.6. The summed E-state index contributed by atoms with van der Waals surface area (Å²) in [5, 5.41) is 0. The Bertz CT molecular complexity index is 914. The molecule has 3 aromatic rings. The van der Waals surface area contributed by atoms with Crippen molar-refractivity contribution in [2.24, 2.45) is 0 Å². The molecule has 0 saturated heterocycles. The zero-order chi connectivity index (χ0) is 21.3. The van der Waals surface area contributed by atoms with Gasteiger partial charge in [-0.15, -0.1) is 0 Å². The molecule has 30 heavy (non-hydrogen) atoms. The minimum Gasteiger partial charge on any atom is -0.493 e. The molecule has 0 bridgehead atoms. The van der Waals surface area contributed by atoms with Crippen molar-refractivity contribution in [1.82, 2.24) is 4.98 Å². The molecule has 3 rings (SSSR count). The van der Waals surface area contributed by atoms with Gasteiger partial charge in [-0.05, 0) is 50.6 Å². The Labute approximate surface area is 176 Å². The zero-order valence-corrected chi connectivity index (χ0v) is 17.6. The van der Waals surface area contributed by atoms with Crippen molar-refractivity contribution in [3.8, 4) is 17.4 Å². The van der Waals surface area contributed by atoms with Crippen LogP contribution in [-0.4, -0.2) is 36.9 Å². The average Bonchev–Trinajstić information content (AvgIpc) is 3.39. The van der Waals surface area contributed by atoms with Crippen LogP contribution in [-0.2, 0) is 27.1 Å². The van der Waals surface area contributed by atoms with Crippen LogP contribution in [0.3, 0.4) is 0 Å². The normalized spacial score (nSPS) is 12.0. The van der Waals surface area contributed by atoms with Crippen molar-refractivity contribution in [2.75, 3.05) is 19.8 Å². The van der Waals surface area contributed by atoms with Crippen LogP contribution in [0.2, 0.25) is 0 Å². The molecule has 7 nitrogen and oxygen atoms in total. The molecule has 2 aromatic heterocycles. The van der Waals surface area contributed by atoms with Crippen LogP contribution < -0.4 is 4.74 Å². The summed E-state index contributed by atoms with van der Waals surface area (Å²) in [5.41, 5.74) is 1.82. The van der Waals surface area contributed by atoms with E-state index in [1.165, 1.54) is 0 Å². The molecule has 0 N–H and O–H groups in total. The molecule has 160 valence electrons. The van der Waals surface area contributed by atoms with Crippen molar-refractivity contribution < 1.29 is 27.8 Å². The molecule has 0 saturated carbocycles. The van der Waals surface area contributed by atoms with E-state index in [9.17, 15) is 4.79 Å². The number of carbonyl (C=O) groups is 1.